The third kappa shape index (κ3) is 5.23. The summed E-state index contributed by atoms with van der Waals surface area (Å²) in [5.41, 5.74) is 0. The SMILES string of the molecule is O=C(Oc1ccc(Cl)cc1Cl)[C@H](O)[C@@H](O)C(=O)Oc1ccc(Cl)cc1Cl. The van der Waals surface area contributed by atoms with Crippen LogP contribution in [0.4, 0.5) is 0 Å². The molecule has 2 aromatic rings. The first-order valence-corrected chi connectivity index (χ1v) is 8.40. The van der Waals surface area contributed by atoms with Crippen molar-refractivity contribution in [1.82, 2.24) is 0 Å². The van der Waals surface area contributed by atoms with Crippen molar-refractivity contribution in [2.24, 2.45) is 0 Å². The Hall–Kier alpha value is -1.54. The summed E-state index contributed by atoms with van der Waals surface area (Å²) in [6.45, 7) is 0. The van der Waals surface area contributed by atoms with Crippen molar-refractivity contribution in [3.8, 4) is 11.5 Å². The zero-order valence-corrected chi connectivity index (χ0v) is 15.7. The lowest BCUT2D eigenvalue weighted by atomic mass is 10.2. The molecule has 10 heteroatoms. The van der Waals surface area contributed by atoms with Gasteiger partial charge in [0.15, 0.2) is 12.2 Å². The highest BCUT2D eigenvalue weighted by molar-refractivity contribution is 6.36. The molecule has 2 rings (SSSR count). The predicted molar refractivity (Wildman–Crippen MR) is 96.2 cm³/mol. The Labute approximate surface area is 167 Å². The van der Waals surface area contributed by atoms with Crippen molar-refractivity contribution in [3.63, 3.8) is 0 Å². The molecule has 26 heavy (non-hydrogen) atoms. The van der Waals surface area contributed by atoms with Crippen LogP contribution in [0.15, 0.2) is 36.4 Å². The minimum absolute atomic E-state index is 0.00284. The Balaban J connectivity index is 2.03. The second kappa shape index (κ2) is 8.90. The van der Waals surface area contributed by atoms with Gasteiger partial charge >= 0.3 is 11.9 Å². The highest BCUT2D eigenvalue weighted by Crippen LogP contribution is 2.29. The Kier molecular flexibility index (Phi) is 7.11. The second-order valence-electron chi connectivity index (χ2n) is 4.88. The molecule has 0 spiro atoms. The normalized spacial score (nSPS) is 13.0. The van der Waals surface area contributed by atoms with E-state index >= 15 is 0 Å². The Morgan fingerprint density at radius 2 is 1.08 bits per heavy atom. The maximum atomic E-state index is 11.9. The number of carbonyl (C=O) groups is 2. The van der Waals surface area contributed by atoms with E-state index in [1.54, 1.807) is 0 Å². The number of carbonyl (C=O) groups excluding carboxylic acids is 2. The summed E-state index contributed by atoms with van der Waals surface area (Å²) in [4.78, 5) is 23.8. The summed E-state index contributed by atoms with van der Waals surface area (Å²) in [6.07, 6.45) is -4.44. The van der Waals surface area contributed by atoms with Gasteiger partial charge in [-0.2, -0.15) is 0 Å². The average Bonchev–Trinajstić information content (AvgIpc) is 2.58. The van der Waals surface area contributed by atoms with E-state index < -0.39 is 24.1 Å². The summed E-state index contributed by atoms with van der Waals surface area (Å²) in [7, 11) is 0. The van der Waals surface area contributed by atoms with E-state index in [0.29, 0.717) is 10.0 Å². The van der Waals surface area contributed by atoms with Crippen molar-refractivity contribution >= 4 is 58.3 Å². The Morgan fingerprint density at radius 1 is 0.731 bits per heavy atom. The maximum Gasteiger partial charge on any atom is 0.343 e. The standard InChI is InChI=1S/C16H10Cl4O6/c17-7-1-3-11(9(19)5-7)25-15(23)13(21)14(22)16(24)26-12-4-2-8(18)6-10(12)20/h1-6,13-14,21-22H/t13-,14-/m1/s1. The first-order chi connectivity index (χ1) is 12.2. The predicted octanol–water partition coefficient (Wildman–Crippen LogP) is 3.53. The van der Waals surface area contributed by atoms with Gasteiger partial charge in [-0.05, 0) is 36.4 Å². The molecule has 0 aliphatic carbocycles. The number of hydrogen-bond acceptors (Lipinski definition) is 6. The van der Waals surface area contributed by atoms with E-state index in [2.05, 4.69) is 0 Å². The van der Waals surface area contributed by atoms with Gasteiger partial charge in [-0.25, -0.2) is 9.59 Å². The molecule has 0 aromatic heterocycles. The van der Waals surface area contributed by atoms with Gasteiger partial charge in [0, 0.05) is 10.0 Å². The van der Waals surface area contributed by atoms with E-state index in [1.165, 1.54) is 36.4 Å². The lowest BCUT2D eigenvalue weighted by molar-refractivity contribution is -0.162. The van der Waals surface area contributed by atoms with Crippen LogP contribution in [-0.2, 0) is 9.59 Å². The molecular weight excluding hydrogens is 430 g/mol. The molecule has 0 fully saturated rings. The third-order valence-electron chi connectivity index (χ3n) is 2.99. The van der Waals surface area contributed by atoms with Gasteiger partial charge in [-0.3, -0.25) is 0 Å². The van der Waals surface area contributed by atoms with Crippen LogP contribution in [0.5, 0.6) is 11.5 Å². The lowest BCUT2D eigenvalue weighted by Gasteiger charge is -2.16. The van der Waals surface area contributed by atoms with E-state index in [-0.39, 0.29) is 21.5 Å². The molecule has 0 aliphatic rings. The van der Waals surface area contributed by atoms with E-state index in [1.807, 2.05) is 0 Å². The van der Waals surface area contributed by atoms with Crippen molar-refractivity contribution in [3.05, 3.63) is 56.5 Å². The van der Waals surface area contributed by atoms with Gasteiger partial charge < -0.3 is 19.7 Å². The smallest absolute Gasteiger partial charge is 0.343 e. The maximum absolute atomic E-state index is 11.9. The van der Waals surface area contributed by atoms with Crippen LogP contribution in [-0.4, -0.2) is 34.4 Å². The fourth-order valence-electron chi connectivity index (χ4n) is 1.71. The van der Waals surface area contributed by atoms with E-state index in [9.17, 15) is 19.8 Å². The van der Waals surface area contributed by atoms with Crippen LogP contribution in [0.1, 0.15) is 0 Å². The number of ether oxygens (including phenoxy) is 2. The summed E-state index contributed by atoms with van der Waals surface area (Å²) < 4.78 is 9.66. The van der Waals surface area contributed by atoms with Gasteiger partial charge in [0.2, 0.25) is 0 Å². The molecule has 0 saturated heterocycles. The van der Waals surface area contributed by atoms with Crippen molar-refractivity contribution in [1.29, 1.82) is 0 Å². The van der Waals surface area contributed by atoms with Gasteiger partial charge in [0.05, 0.1) is 10.0 Å². The number of hydrogen-bond donors (Lipinski definition) is 2. The lowest BCUT2D eigenvalue weighted by Crippen LogP contribution is -2.43. The fourth-order valence-corrected chi connectivity index (χ4v) is 2.61. The van der Waals surface area contributed by atoms with Gasteiger partial charge in [0.1, 0.15) is 11.5 Å². The summed E-state index contributed by atoms with van der Waals surface area (Å²) >= 11 is 23.1. The molecule has 0 bridgehead atoms. The molecule has 0 unspecified atom stereocenters. The molecule has 0 heterocycles. The van der Waals surface area contributed by atoms with E-state index in [4.69, 9.17) is 55.9 Å². The highest BCUT2D eigenvalue weighted by Gasteiger charge is 2.34. The summed E-state index contributed by atoms with van der Waals surface area (Å²) in [5.74, 6) is -2.86. The molecule has 0 amide bonds. The number of halogens is 4. The number of benzene rings is 2. The van der Waals surface area contributed by atoms with Crippen LogP contribution in [0.2, 0.25) is 20.1 Å². The minimum Gasteiger partial charge on any atom is -0.423 e. The van der Waals surface area contributed by atoms with Crippen LogP contribution in [0.3, 0.4) is 0 Å². The van der Waals surface area contributed by atoms with Crippen LogP contribution >= 0.6 is 46.4 Å². The molecule has 2 aromatic carbocycles. The van der Waals surface area contributed by atoms with Crippen molar-refractivity contribution < 1.29 is 29.3 Å². The summed E-state index contributed by atoms with van der Waals surface area (Å²) in [5, 5.41) is 20.2. The van der Waals surface area contributed by atoms with Crippen molar-refractivity contribution in [2.75, 3.05) is 0 Å². The molecule has 6 nitrogen and oxygen atoms in total. The molecule has 2 N–H and O–H groups in total. The first kappa shape index (κ1) is 20.8. The van der Waals surface area contributed by atoms with Gasteiger partial charge in [-0.15, -0.1) is 0 Å². The molecule has 2 atom stereocenters. The number of aliphatic hydroxyl groups excluding tert-OH is 2. The molecule has 0 radical (unpaired) electrons. The van der Waals surface area contributed by atoms with E-state index in [0.717, 1.165) is 0 Å². The minimum atomic E-state index is -2.22. The molecular formula is C16H10Cl4O6. The Bertz CT molecular complexity index is 772. The molecule has 0 aliphatic heterocycles. The van der Waals surface area contributed by atoms with Gasteiger partial charge in [0.25, 0.3) is 0 Å². The quantitative estimate of drug-likeness (QED) is 0.546. The topological polar surface area (TPSA) is 93.1 Å². The zero-order chi connectivity index (χ0) is 19.4. The van der Waals surface area contributed by atoms with Crippen LogP contribution in [0.25, 0.3) is 0 Å². The number of aliphatic hydroxyl groups is 2. The van der Waals surface area contributed by atoms with Crippen LogP contribution < -0.4 is 9.47 Å². The second-order valence-corrected chi connectivity index (χ2v) is 6.57. The number of esters is 2. The van der Waals surface area contributed by atoms with Crippen LogP contribution in [0, 0.1) is 0 Å². The third-order valence-corrected chi connectivity index (χ3v) is 4.05. The highest BCUT2D eigenvalue weighted by atomic mass is 35.5. The molecule has 0 saturated carbocycles. The first-order valence-electron chi connectivity index (χ1n) is 6.88. The largest absolute Gasteiger partial charge is 0.423 e. The zero-order valence-electron chi connectivity index (χ0n) is 12.7. The summed E-state index contributed by atoms with van der Waals surface area (Å²) in [6, 6.07) is 7.99. The average molecular weight is 440 g/mol. The molecule has 138 valence electrons. The monoisotopic (exact) mass is 438 g/mol. The Morgan fingerprint density at radius 3 is 1.38 bits per heavy atom. The number of rotatable bonds is 5. The van der Waals surface area contributed by atoms with Crippen molar-refractivity contribution in [2.45, 2.75) is 12.2 Å². The fraction of sp³-hybridized carbons (Fsp3) is 0.125. The van der Waals surface area contributed by atoms with Gasteiger partial charge in [-0.1, -0.05) is 46.4 Å².